The summed E-state index contributed by atoms with van der Waals surface area (Å²) in [5.74, 6) is 0. The van der Waals surface area contributed by atoms with Crippen molar-refractivity contribution in [3.05, 3.63) is 234 Å². The van der Waals surface area contributed by atoms with E-state index in [9.17, 15) is 0 Å². The Kier molecular flexibility index (Phi) is 14.3. The molecule has 2 atom stereocenters. The third kappa shape index (κ3) is 10.5. The predicted molar refractivity (Wildman–Crippen MR) is 397 cm³/mol. The zero-order valence-corrected chi connectivity index (χ0v) is 57.9. The zero-order valence-electron chi connectivity index (χ0n) is 57.9. The van der Waals surface area contributed by atoms with Crippen molar-refractivity contribution in [2.45, 2.75) is 171 Å². The minimum Gasteiger partial charge on any atom is -0.454 e. The van der Waals surface area contributed by atoms with E-state index in [1.165, 1.54) is 89.2 Å². The lowest BCUT2D eigenvalue weighted by molar-refractivity contribution is 0.509. The average Bonchev–Trinajstić information content (AvgIpc) is 1.55. The molecule has 0 radical (unpaired) electrons. The molecule has 2 unspecified atom stereocenters. The first-order valence-corrected chi connectivity index (χ1v) is 33.8. The molecule has 466 valence electrons. The van der Waals surface area contributed by atoms with Crippen molar-refractivity contribution < 1.29 is 4.42 Å². The van der Waals surface area contributed by atoms with Gasteiger partial charge in [0.1, 0.15) is 11.1 Å². The van der Waals surface area contributed by atoms with Crippen LogP contribution >= 0.6 is 0 Å². The summed E-state index contributed by atoms with van der Waals surface area (Å²) in [4.78, 5) is 7.97. The first-order valence-electron chi connectivity index (χ1n) is 33.8. The van der Waals surface area contributed by atoms with Gasteiger partial charge in [-0.15, -0.1) is 0 Å². The van der Waals surface area contributed by atoms with Gasteiger partial charge in [0, 0.05) is 56.1 Å². The number of fused-ring (bicyclic) bond motifs is 9. The van der Waals surface area contributed by atoms with E-state index in [2.05, 4.69) is 344 Å². The summed E-state index contributed by atoms with van der Waals surface area (Å²) in [5.41, 5.74) is 27.4. The van der Waals surface area contributed by atoms with Crippen LogP contribution in [0.5, 0.6) is 0 Å². The van der Waals surface area contributed by atoms with Crippen LogP contribution in [-0.4, -0.2) is 23.4 Å². The number of allylic oxidation sites excluding steroid dienone is 4. The molecule has 8 aromatic carbocycles. The molecule has 2 aliphatic heterocycles. The molecule has 92 heavy (non-hydrogen) atoms. The lowest BCUT2D eigenvalue weighted by Crippen LogP contribution is -2.60. The van der Waals surface area contributed by atoms with Crippen LogP contribution < -0.4 is 31.1 Å². The van der Waals surface area contributed by atoms with Crippen molar-refractivity contribution >= 4 is 95.9 Å². The second-order valence-corrected chi connectivity index (χ2v) is 33.1. The number of anilines is 7. The fraction of sp³-hybridized carbons (Fsp3) is 0.326. The maximum atomic E-state index is 7.23. The third-order valence-electron chi connectivity index (χ3n) is 20.4. The molecule has 4 heterocycles. The van der Waals surface area contributed by atoms with Crippen molar-refractivity contribution in [1.82, 2.24) is 4.57 Å². The Labute approximate surface area is 548 Å². The van der Waals surface area contributed by atoms with E-state index in [-0.39, 0.29) is 51.3 Å². The van der Waals surface area contributed by atoms with Crippen molar-refractivity contribution in [2.75, 3.05) is 14.7 Å². The molecule has 2 aromatic heterocycles. The van der Waals surface area contributed by atoms with Gasteiger partial charge < -0.3 is 23.7 Å². The van der Waals surface area contributed by atoms with Crippen LogP contribution in [0.2, 0.25) is 0 Å². The second-order valence-electron chi connectivity index (χ2n) is 33.1. The Hall–Kier alpha value is -8.48. The Morgan fingerprint density at radius 3 is 1.46 bits per heavy atom. The third-order valence-corrected chi connectivity index (χ3v) is 20.4. The number of hydrogen-bond donors (Lipinski definition) is 0. The molecule has 0 saturated heterocycles. The van der Waals surface area contributed by atoms with Crippen LogP contribution in [-0.2, 0) is 21.7 Å². The van der Waals surface area contributed by atoms with Gasteiger partial charge in [-0.2, -0.15) is 0 Å². The fourth-order valence-electron chi connectivity index (χ4n) is 15.0. The maximum Gasteiger partial charge on any atom is 0.252 e. The van der Waals surface area contributed by atoms with E-state index in [1.807, 2.05) is 0 Å². The molecule has 0 N–H and O–H groups in total. The van der Waals surface area contributed by atoms with Crippen molar-refractivity contribution in [1.29, 1.82) is 0 Å². The van der Waals surface area contributed by atoms with E-state index < -0.39 is 0 Å². The summed E-state index contributed by atoms with van der Waals surface area (Å²) in [5, 5.41) is 2.27. The smallest absolute Gasteiger partial charge is 0.252 e. The SMILES string of the molecule is CC(C)(C)C1=CCC(N(c2ccc(C(C)(C)C)cc2)c2ccc3c(c2)N(c2ccc(C(C)(C)C)cc2-c2ccccc2)c2cc(N(c4ccc(C(C)(C)C)cc4)C4C=CC(C(C)(C)C)=CC4)cc4c2B3c2cc(C(C)(C)C)cc3c5oc6ccccc6c5n-4c23)C=C1. The van der Waals surface area contributed by atoms with Gasteiger partial charge in [-0.3, -0.25) is 0 Å². The van der Waals surface area contributed by atoms with Gasteiger partial charge in [0.15, 0.2) is 5.58 Å². The van der Waals surface area contributed by atoms with Gasteiger partial charge >= 0.3 is 0 Å². The van der Waals surface area contributed by atoms with Crippen molar-refractivity contribution in [3.63, 3.8) is 0 Å². The highest BCUT2D eigenvalue weighted by Crippen LogP contribution is 2.51. The van der Waals surface area contributed by atoms with Crippen molar-refractivity contribution in [3.8, 4) is 16.8 Å². The normalized spacial score (nSPS) is 16.7. The molecular formula is C86H93BN4O. The second kappa shape index (κ2) is 21.6. The highest BCUT2D eigenvalue weighted by atomic mass is 16.3. The standard InChI is InChI=1S/C86H93BN4O/c1-81(2,3)55-28-37-61(38-29-55)88(62-39-30-56(31-40-62)82(4,5)6)65-45-46-70-73(51-65)90(72-47-36-59(85(13,14)15)48-68(72)54-24-20-19-21-25-54)74-52-66(89(63-41-32-57(33-42-63)83(7,8)9)64-43-34-58(35-44-64)84(10,11)12)53-75-77(74)87(70)71-50-60(86(16,17)18)49-69-78(71)91(75)79-67-26-22-23-27-76(67)92-80(69)79/h19-39,41-43,45-53,62,64H,40,44H2,1-18H3. The molecule has 4 aliphatic rings. The van der Waals surface area contributed by atoms with Crippen molar-refractivity contribution in [2.24, 2.45) is 10.8 Å². The Morgan fingerprint density at radius 1 is 0.402 bits per heavy atom. The van der Waals surface area contributed by atoms with Crippen LogP contribution in [0, 0.1) is 10.8 Å². The Balaban J connectivity index is 1.13. The number of rotatable bonds is 8. The van der Waals surface area contributed by atoms with E-state index in [1.54, 1.807) is 0 Å². The van der Waals surface area contributed by atoms with E-state index in [0.717, 1.165) is 63.0 Å². The minimum atomic E-state index is -0.166. The molecule has 6 heteroatoms. The molecule has 10 aromatic rings. The number of nitrogens with zero attached hydrogens (tertiary/aromatic N) is 4. The molecule has 14 rings (SSSR count). The lowest BCUT2D eigenvalue weighted by Gasteiger charge is -2.44. The monoisotopic (exact) mass is 1210 g/mol. The molecule has 0 bridgehead atoms. The summed E-state index contributed by atoms with van der Waals surface area (Å²) in [6.07, 6.45) is 16.5. The topological polar surface area (TPSA) is 27.8 Å². The first kappa shape index (κ1) is 61.1. The van der Waals surface area contributed by atoms with Gasteiger partial charge in [-0.1, -0.05) is 246 Å². The van der Waals surface area contributed by atoms with Crippen LogP contribution in [0.4, 0.5) is 39.8 Å². The van der Waals surface area contributed by atoms with Crippen LogP contribution in [0.15, 0.2) is 216 Å². The molecule has 0 fully saturated rings. The first-order chi connectivity index (χ1) is 43.4. The molecule has 5 nitrogen and oxygen atoms in total. The minimum absolute atomic E-state index is 0.00485. The average molecular weight is 1210 g/mol. The summed E-state index contributed by atoms with van der Waals surface area (Å²) in [6, 6.07) is 63.9. The molecule has 0 spiro atoms. The largest absolute Gasteiger partial charge is 0.454 e. The van der Waals surface area contributed by atoms with Crippen LogP contribution in [0.1, 0.15) is 160 Å². The van der Waals surface area contributed by atoms with E-state index >= 15 is 0 Å². The molecule has 0 amide bonds. The van der Waals surface area contributed by atoms with Gasteiger partial charge in [0.2, 0.25) is 0 Å². The number of furan rings is 1. The summed E-state index contributed by atoms with van der Waals surface area (Å²) >= 11 is 0. The number of aromatic nitrogens is 1. The zero-order chi connectivity index (χ0) is 64.9. The maximum absolute atomic E-state index is 7.23. The number of para-hydroxylation sites is 1. The lowest BCUT2D eigenvalue weighted by atomic mass is 9.33. The van der Waals surface area contributed by atoms with Gasteiger partial charge in [0.25, 0.3) is 6.71 Å². The number of benzene rings is 8. The summed E-state index contributed by atoms with van der Waals surface area (Å²) in [7, 11) is 0. The summed E-state index contributed by atoms with van der Waals surface area (Å²) < 4.78 is 9.86. The highest BCUT2D eigenvalue weighted by molar-refractivity contribution is 7.00. The molecule has 2 aliphatic carbocycles. The number of hydrogen-bond acceptors (Lipinski definition) is 4. The van der Waals surface area contributed by atoms with E-state index in [0.29, 0.717) is 0 Å². The predicted octanol–water partition coefficient (Wildman–Crippen LogP) is 21.9. The molecular weight excluding hydrogens is 1120 g/mol. The Morgan fingerprint density at radius 2 is 0.913 bits per heavy atom. The van der Waals surface area contributed by atoms with Gasteiger partial charge in [-0.25, -0.2) is 0 Å². The van der Waals surface area contributed by atoms with Gasteiger partial charge in [-0.05, 0) is 180 Å². The van der Waals surface area contributed by atoms with E-state index in [4.69, 9.17) is 4.42 Å². The van der Waals surface area contributed by atoms with Crippen LogP contribution in [0.25, 0.3) is 49.8 Å². The van der Waals surface area contributed by atoms with Gasteiger partial charge in [0.05, 0.1) is 23.3 Å². The van der Waals surface area contributed by atoms with Crippen LogP contribution in [0.3, 0.4) is 0 Å². The fourth-order valence-corrected chi connectivity index (χ4v) is 15.0. The Bertz CT molecular complexity index is 4690. The quantitative estimate of drug-likeness (QED) is 0.142. The molecule has 0 saturated carbocycles. The summed E-state index contributed by atoms with van der Waals surface area (Å²) in [6.45, 7) is 41.8. The highest BCUT2D eigenvalue weighted by Gasteiger charge is 2.45.